The molecule has 0 radical (unpaired) electrons. The zero-order chi connectivity index (χ0) is 17.8. The first kappa shape index (κ1) is 21.5. The van der Waals surface area contributed by atoms with Crippen molar-refractivity contribution >= 4 is 10.4 Å². The van der Waals surface area contributed by atoms with Gasteiger partial charge in [-0.3, -0.25) is 4.55 Å². The molecule has 0 bridgehead atoms. The highest BCUT2D eigenvalue weighted by atomic mass is 32.3. The van der Waals surface area contributed by atoms with Gasteiger partial charge in [0, 0.05) is 5.56 Å². The standard InChI is InChI=1S/C15H22N.C2H6O4S/c1-4-12-16(6-3,13-5-2)14-15-10-8-7-9-11-15;1-2-6-7(3,4)5/h4-5,7-11H,1-2,6,12-14H2,3H3;2H2,1H3,(H,3,4,5)/q+1;. The van der Waals surface area contributed by atoms with Crippen LogP contribution in [0.3, 0.4) is 0 Å². The summed E-state index contributed by atoms with van der Waals surface area (Å²) in [6.07, 6.45) is 4.02. The fourth-order valence-corrected chi connectivity index (χ4v) is 2.54. The third-order valence-electron chi connectivity index (χ3n) is 3.33. The monoisotopic (exact) mass is 342 g/mol. The Kier molecular flexibility index (Phi) is 10.4. The molecular formula is C17H28NO4S+. The molecule has 0 atom stereocenters. The summed E-state index contributed by atoms with van der Waals surface area (Å²) in [7, 11) is -4.17. The van der Waals surface area contributed by atoms with E-state index >= 15 is 0 Å². The number of quaternary nitrogens is 1. The summed E-state index contributed by atoms with van der Waals surface area (Å²) in [5, 5.41) is 0. The van der Waals surface area contributed by atoms with E-state index in [9.17, 15) is 8.42 Å². The molecule has 5 nitrogen and oxygen atoms in total. The van der Waals surface area contributed by atoms with Gasteiger partial charge >= 0.3 is 10.4 Å². The van der Waals surface area contributed by atoms with Crippen molar-refractivity contribution in [3.8, 4) is 0 Å². The number of likely N-dealkylation sites (N-methyl/N-ethyl adjacent to an activating group) is 1. The van der Waals surface area contributed by atoms with E-state index in [1.165, 1.54) is 12.5 Å². The van der Waals surface area contributed by atoms with Crippen molar-refractivity contribution in [2.45, 2.75) is 20.4 Å². The van der Waals surface area contributed by atoms with E-state index in [1.807, 2.05) is 12.2 Å². The molecule has 0 saturated heterocycles. The minimum absolute atomic E-state index is 0.0289. The SMILES string of the molecule is C=CC[N+](CC)(CC=C)Cc1ccccc1.CCOS(=O)(=O)O. The molecule has 0 fully saturated rings. The molecule has 1 rings (SSSR count). The van der Waals surface area contributed by atoms with Crippen LogP contribution in [0.1, 0.15) is 19.4 Å². The molecule has 0 amide bonds. The second-order valence-electron chi connectivity index (χ2n) is 5.08. The lowest BCUT2D eigenvalue weighted by atomic mass is 10.1. The summed E-state index contributed by atoms with van der Waals surface area (Å²) in [6.45, 7) is 15.6. The summed E-state index contributed by atoms with van der Waals surface area (Å²) < 4.78 is 31.7. The zero-order valence-corrected chi connectivity index (χ0v) is 14.8. The fraction of sp³-hybridized carbons (Fsp3) is 0.412. The summed E-state index contributed by atoms with van der Waals surface area (Å²) in [5.41, 5.74) is 1.38. The number of hydrogen-bond acceptors (Lipinski definition) is 3. The van der Waals surface area contributed by atoms with Gasteiger partial charge in [-0.15, -0.1) is 0 Å². The Morgan fingerprint density at radius 3 is 1.96 bits per heavy atom. The second-order valence-corrected chi connectivity index (χ2v) is 6.17. The molecule has 1 N–H and O–H groups in total. The van der Waals surface area contributed by atoms with Crippen LogP contribution in [0.2, 0.25) is 0 Å². The molecule has 1 aromatic rings. The van der Waals surface area contributed by atoms with Gasteiger partial charge in [-0.1, -0.05) is 43.5 Å². The lowest BCUT2D eigenvalue weighted by Crippen LogP contribution is -2.47. The van der Waals surface area contributed by atoms with Crippen LogP contribution < -0.4 is 0 Å². The van der Waals surface area contributed by atoms with E-state index in [2.05, 4.69) is 54.6 Å². The van der Waals surface area contributed by atoms with Crippen LogP contribution in [0.25, 0.3) is 0 Å². The van der Waals surface area contributed by atoms with E-state index in [1.54, 1.807) is 0 Å². The fourth-order valence-electron chi connectivity index (χ4n) is 2.24. The van der Waals surface area contributed by atoms with E-state index < -0.39 is 10.4 Å². The molecular weight excluding hydrogens is 314 g/mol. The van der Waals surface area contributed by atoms with Crippen molar-refractivity contribution in [2.24, 2.45) is 0 Å². The normalized spacial score (nSPS) is 11.3. The second kappa shape index (κ2) is 11.1. The van der Waals surface area contributed by atoms with Gasteiger partial charge in [0.05, 0.1) is 26.2 Å². The lowest BCUT2D eigenvalue weighted by Gasteiger charge is -2.36. The first-order valence-corrected chi connectivity index (χ1v) is 8.91. The van der Waals surface area contributed by atoms with Crippen molar-refractivity contribution in [2.75, 3.05) is 26.2 Å². The quantitative estimate of drug-likeness (QED) is 0.425. The zero-order valence-electron chi connectivity index (χ0n) is 14.0. The highest BCUT2D eigenvalue weighted by Crippen LogP contribution is 2.14. The number of rotatable bonds is 9. The Balaban J connectivity index is 0.000000585. The van der Waals surface area contributed by atoms with Crippen LogP contribution in [0.4, 0.5) is 0 Å². The van der Waals surface area contributed by atoms with Gasteiger partial charge in [0.2, 0.25) is 0 Å². The maximum absolute atomic E-state index is 9.56. The van der Waals surface area contributed by atoms with Gasteiger partial charge in [0.25, 0.3) is 0 Å². The predicted octanol–water partition coefficient (Wildman–Crippen LogP) is 3.22. The molecule has 0 aromatic heterocycles. The third kappa shape index (κ3) is 10.0. The van der Waals surface area contributed by atoms with Crippen molar-refractivity contribution in [3.05, 3.63) is 61.2 Å². The van der Waals surface area contributed by atoms with Crippen LogP contribution >= 0.6 is 0 Å². The molecule has 1 aromatic carbocycles. The van der Waals surface area contributed by atoms with Crippen LogP contribution in [-0.4, -0.2) is 43.7 Å². The van der Waals surface area contributed by atoms with Gasteiger partial charge < -0.3 is 4.48 Å². The average Bonchev–Trinajstić information content (AvgIpc) is 2.48. The minimum atomic E-state index is -4.17. The first-order valence-electron chi connectivity index (χ1n) is 7.55. The van der Waals surface area contributed by atoms with Crippen molar-refractivity contribution in [3.63, 3.8) is 0 Å². The molecule has 0 heterocycles. The topological polar surface area (TPSA) is 63.6 Å². The van der Waals surface area contributed by atoms with Gasteiger partial charge in [0.15, 0.2) is 0 Å². The Morgan fingerprint density at radius 2 is 1.65 bits per heavy atom. The number of hydrogen-bond donors (Lipinski definition) is 1. The van der Waals surface area contributed by atoms with E-state index in [0.717, 1.165) is 30.7 Å². The van der Waals surface area contributed by atoms with Crippen molar-refractivity contribution in [1.82, 2.24) is 0 Å². The molecule has 23 heavy (non-hydrogen) atoms. The van der Waals surface area contributed by atoms with Gasteiger partial charge in [-0.2, -0.15) is 8.42 Å². The van der Waals surface area contributed by atoms with Crippen molar-refractivity contribution < 1.29 is 21.6 Å². The van der Waals surface area contributed by atoms with Crippen LogP contribution in [0.15, 0.2) is 55.6 Å². The molecule has 0 unspecified atom stereocenters. The summed E-state index contributed by atoms with van der Waals surface area (Å²) in [6, 6.07) is 10.6. The van der Waals surface area contributed by atoms with Gasteiger partial charge in [-0.25, -0.2) is 4.18 Å². The Labute approximate surface area is 140 Å². The summed E-state index contributed by atoms with van der Waals surface area (Å²) in [4.78, 5) is 0. The summed E-state index contributed by atoms with van der Waals surface area (Å²) >= 11 is 0. The molecule has 130 valence electrons. The number of benzene rings is 1. The first-order chi connectivity index (χ1) is 10.8. The molecule has 0 spiro atoms. The van der Waals surface area contributed by atoms with Crippen LogP contribution in [0, 0.1) is 0 Å². The lowest BCUT2D eigenvalue weighted by molar-refractivity contribution is -0.928. The van der Waals surface area contributed by atoms with E-state index in [4.69, 9.17) is 4.55 Å². The maximum atomic E-state index is 9.56. The van der Waals surface area contributed by atoms with Crippen molar-refractivity contribution in [1.29, 1.82) is 0 Å². The van der Waals surface area contributed by atoms with Crippen LogP contribution in [0.5, 0.6) is 0 Å². The maximum Gasteiger partial charge on any atom is 0.397 e. The molecule has 0 aliphatic heterocycles. The highest BCUT2D eigenvalue weighted by Gasteiger charge is 2.22. The molecule has 0 saturated carbocycles. The van der Waals surface area contributed by atoms with E-state index in [0.29, 0.717) is 0 Å². The predicted molar refractivity (Wildman–Crippen MR) is 94.3 cm³/mol. The Morgan fingerprint density at radius 1 is 1.13 bits per heavy atom. The molecule has 0 aliphatic carbocycles. The number of nitrogens with zero attached hydrogens (tertiary/aromatic N) is 1. The van der Waals surface area contributed by atoms with E-state index in [-0.39, 0.29) is 6.61 Å². The van der Waals surface area contributed by atoms with Crippen LogP contribution in [-0.2, 0) is 21.1 Å². The third-order valence-corrected chi connectivity index (χ3v) is 3.86. The summed E-state index contributed by atoms with van der Waals surface area (Å²) in [5.74, 6) is 0. The molecule has 0 aliphatic rings. The highest BCUT2D eigenvalue weighted by molar-refractivity contribution is 7.80. The van der Waals surface area contributed by atoms with Gasteiger partial charge in [-0.05, 0) is 26.0 Å². The van der Waals surface area contributed by atoms with Gasteiger partial charge in [0.1, 0.15) is 6.54 Å². The minimum Gasteiger partial charge on any atom is -0.314 e. The molecule has 6 heteroatoms. The average molecular weight is 342 g/mol. The smallest absolute Gasteiger partial charge is 0.314 e. The largest absolute Gasteiger partial charge is 0.397 e. The Hall–Kier alpha value is -1.47. The Bertz CT molecular complexity index is 545.